The number of halogens is 4. The Hall–Kier alpha value is -1.01. The first-order valence-electron chi connectivity index (χ1n) is 7.27. The van der Waals surface area contributed by atoms with E-state index >= 15 is 0 Å². The molecular formula is C15H16ClF3N2S. The number of rotatable bonds is 2. The molecule has 3 atom stereocenters. The van der Waals surface area contributed by atoms with Gasteiger partial charge in [-0.2, -0.15) is 13.2 Å². The van der Waals surface area contributed by atoms with Gasteiger partial charge in [-0.15, -0.1) is 0 Å². The molecule has 0 aliphatic heterocycles. The summed E-state index contributed by atoms with van der Waals surface area (Å²) in [4.78, 5) is 0. The third kappa shape index (κ3) is 3.33. The van der Waals surface area contributed by atoms with Gasteiger partial charge in [0.05, 0.1) is 10.6 Å². The fraction of sp³-hybridized carbons (Fsp3) is 0.533. The van der Waals surface area contributed by atoms with Gasteiger partial charge in [0.25, 0.3) is 0 Å². The van der Waals surface area contributed by atoms with Crippen LogP contribution < -0.4 is 10.6 Å². The zero-order chi connectivity index (χ0) is 15.9. The summed E-state index contributed by atoms with van der Waals surface area (Å²) >= 11 is 10.8. The Balaban J connectivity index is 1.64. The van der Waals surface area contributed by atoms with Crippen LogP contribution in [0.1, 0.15) is 31.2 Å². The largest absolute Gasteiger partial charge is 0.417 e. The molecule has 2 saturated carbocycles. The maximum atomic E-state index is 12.8. The van der Waals surface area contributed by atoms with Crippen LogP contribution in [0.2, 0.25) is 5.02 Å². The average molecular weight is 349 g/mol. The van der Waals surface area contributed by atoms with Crippen LogP contribution >= 0.6 is 23.8 Å². The summed E-state index contributed by atoms with van der Waals surface area (Å²) < 4.78 is 38.5. The van der Waals surface area contributed by atoms with E-state index in [0.29, 0.717) is 17.1 Å². The monoisotopic (exact) mass is 348 g/mol. The van der Waals surface area contributed by atoms with E-state index < -0.39 is 11.7 Å². The summed E-state index contributed by atoms with van der Waals surface area (Å²) in [5.74, 6) is 1.42. The molecule has 0 unspecified atom stereocenters. The van der Waals surface area contributed by atoms with Gasteiger partial charge in [-0.05, 0) is 61.5 Å². The van der Waals surface area contributed by atoms with Crippen molar-refractivity contribution < 1.29 is 13.2 Å². The first-order valence-corrected chi connectivity index (χ1v) is 8.06. The number of nitrogens with one attached hydrogen (secondary N) is 2. The summed E-state index contributed by atoms with van der Waals surface area (Å²) in [6.07, 6.45) is 0.355. The molecule has 0 aromatic heterocycles. The van der Waals surface area contributed by atoms with Crippen molar-refractivity contribution in [1.29, 1.82) is 0 Å². The van der Waals surface area contributed by atoms with Crippen molar-refractivity contribution in [3.05, 3.63) is 28.8 Å². The molecule has 1 aromatic carbocycles. The van der Waals surface area contributed by atoms with E-state index in [2.05, 4.69) is 10.6 Å². The highest BCUT2D eigenvalue weighted by Gasteiger charge is 2.39. The molecule has 0 radical (unpaired) electrons. The zero-order valence-corrected chi connectivity index (χ0v) is 13.3. The van der Waals surface area contributed by atoms with Crippen molar-refractivity contribution in [3.63, 3.8) is 0 Å². The fourth-order valence-electron chi connectivity index (χ4n) is 3.58. The van der Waals surface area contributed by atoms with E-state index in [1.807, 2.05) is 0 Å². The van der Waals surface area contributed by atoms with E-state index in [-0.39, 0.29) is 10.7 Å². The van der Waals surface area contributed by atoms with Gasteiger partial charge in [0.1, 0.15) is 0 Å². The summed E-state index contributed by atoms with van der Waals surface area (Å²) in [5, 5.41) is 6.12. The number of benzene rings is 1. The summed E-state index contributed by atoms with van der Waals surface area (Å²) in [6.45, 7) is 0. The second-order valence-electron chi connectivity index (χ2n) is 6.07. The number of hydrogen-bond acceptors (Lipinski definition) is 1. The van der Waals surface area contributed by atoms with Crippen LogP contribution in [0.15, 0.2) is 18.2 Å². The van der Waals surface area contributed by atoms with Crippen molar-refractivity contribution in [2.45, 2.75) is 37.9 Å². The smallest absolute Gasteiger partial charge is 0.359 e. The predicted molar refractivity (Wildman–Crippen MR) is 85.0 cm³/mol. The minimum absolute atomic E-state index is 0.289. The highest BCUT2D eigenvalue weighted by atomic mass is 35.5. The number of thiocarbonyl (C=S) groups is 1. The molecule has 2 aliphatic carbocycles. The maximum absolute atomic E-state index is 12.8. The van der Waals surface area contributed by atoms with Gasteiger partial charge in [-0.1, -0.05) is 18.0 Å². The summed E-state index contributed by atoms with van der Waals surface area (Å²) in [7, 11) is 0. The Morgan fingerprint density at radius 2 is 2.00 bits per heavy atom. The average Bonchev–Trinajstić information content (AvgIpc) is 3.02. The van der Waals surface area contributed by atoms with Crippen LogP contribution in [0.5, 0.6) is 0 Å². The second-order valence-corrected chi connectivity index (χ2v) is 6.89. The van der Waals surface area contributed by atoms with Gasteiger partial charge in [0.2, 0.25) is 0 Å². The maximum Gasteiger partial charge on any atom is 0.417 e. The van der Waals surface area contributed by atoms with Crippen LogP contribution in [-0.2, 0) is 6.18 Å². The number of alkyl halides is 3. The predicted octanol–water partition coefficient (Wildman–Crippen LogP) is 4.83. The first-order chi connectivity index (χ1) is 10.3. The molecular weight excluding hydrogens is 333 g/mol. The van der Waals surface area contributed by atoms with E-state index in [1.54, 1.807) is 0 Å². The van der Waals surface area contributed by atoms with Crippen molar-refractivity contribution in [3.8, 4) is 0 Å². The van der Waals surface area contributed by atoms with Crippen LogP contribution in [-0.4, -0.2) is 11.2 Å². The molecule has 1 aromatic rings. The molecule has 22 heavy (non-hydrogen) atoms. The second kappa shape index (κ2) is 5.89. The lowest BCUT2D eigenvalue weighted by molar-refractivity contribution is -0.137. The van der Waals surface area contributed by atoms with Gasteiger partial charge in [0.15, 0.2) is 5.11 Å². The lowest BCUT2D eigenvalue weighted by Gasteiger charge is -2.24. The Bertz CT molecular complexity index is 591. The molecule has 2 N–H and O–H groups in total. The van der Waals surface area contributed by atoms with Crippen molar-refractivity contribution in [2.24, 2.45) is 11.8 Å². The highest BCUT2D eigenvalue weighted by Crippen LogP contribution is 2.44. The summed E-state index contributed by atoms with van der Waals surface area (Å²) in [5.41, 5.74) is -0.570. The molecule has 7 heteroatoms. The van der Waals surface area contributed by atoms with E-state index in [4.69, 9.17) is 23.8 Å². The molecule has 0 amide bonds. The van der Waals surface area contributed by atoms with Crippen molar-refractivity contribution in [1.82, 2.24) is 5.32 Å². The quantitative estimate of drug-likeness (QED) is 0.748. The number of anilines is 1. The lowest BCUT2D eigenvalue weighted by atomic mass is 9.96. The number of fused-ring (bicyclic) bond motifs is 2. The Labute approximate surface area is 137 Å². The lowest BCUT2D eigenvalue weighted by Crippen LogP contribution is -2.40. The standard InChI is InChI=1S/C15H16ClF3N2S/c16-12-4-3-10(7-11(12)15(17,18)19)20-14(22)21-13-6-8-1-2-9(13)5-8/h3-4,7-9,13H,1-2,5-6H2,(H2,20,21,22)/t8-,9-,13+/m0/s1. The zero-order valence-electron chi connectivity index (χ0n) is 11.7. The third-order valence-electron chi connectivity index (χ3n) is 4.58. The van der Waals surface area contributed by atoms with E-state index in [9.17, 15) is 13.2 Å². The minimum Gasteiger partial charge on any atom is -0.359 e. The molecule has 0 heterocycles. The van der Waals surface area contributed by atoms with Gasteiger partial charge in [0, 0.05) is 11.7 Å². The van der Waals surface area contributed by atoms with Gasteiger partial charge in [-0.25, -0.2) is 0 Å². The molecule has 2 nitrogen and oxygen atoms in total. The normalized spacial score (nSPS) is 27.0. The van der Waals surface area contributed by atoms with Crippen molar-refractivity contribution in [2.75, 3.05) is 5.32 Å². The van der Waals surface area contributed by atoms with Crippen LogP contribution in [0, 0.1) is 11.8 Å². The van der Waals surface area contributed by atoms with Gasteiger partial charge >= 0.3 is 6.18 Å². The van der Waals surface area contributed by atoms with Crippen molar-refractivity contribution >= 4 is 34.6 Å². The third-order valence-corrected chi connectivity index (χ3v) is 5.13. The van der Waals surface area contributed by atoms with Gasteiger partial charge in [-0.3, -0.25) is 0 Å². The highest BCUT2D eigenvalue weighted by molar-refractivity contribution is 7.80. The molecule has 0 saturated heterocycles. The Morgan fingerprint density at radius 1 is 1.23 bits per heavy atom. The molecule has 2 fully saturated rings. The van der Waals surface area contributed by atoms with Crippen LogP contribution in [0.3, 0.4) is 0 Å². The minimum atomic E-state index is -4.48. The Kier molecular flexibility index (Phi) is 4.25. The van der Waals surface area contributed by atoms with Gasteiger partial charge < -0.3 is 10.6 Å². The number of hydrogen-bond donors (Lipinski definition) is 2. The SMILES string of the molecule is FC(F)(F)c1cc(NC(=S)N[C@@H]2C[C@H]3CC[C@H]2C3)ccc1Cl. The molecule has 2 aliphatic rings. The molecule has 2 bridgehead atoms. The van der Waals surface area contributed by atoms with Crippen LogP contribution in [0.25, 0.3) is 0 Å². The molecule has 120 valence electrons. The fourth-order valence-corrected chi connectivity index (χ4v) is 4.07. The van der Waals surface area contributed by atoms with Crippen LogP contribution in [0.4, 0.5) is 18.9 Å². The Morgan fingerprint density at radius 3 is 2.59 bits per heavy atom. The molecule has 0 spiro atoms. The first kappa shape index (κ1) is 15.9. The summed E-state index contributed by atoms with van der Waals surface area (Å²) in [6, 6.07) is 4.05. The van der Waals surface area contributed by atoms with E-state index in [1.165, 1.54) is 31.4 Å². The molecule has 3 rings (SSSR count). The van der Waals surface area contributed by atoms with E-state index in [0.717, 1.165) is 18.4 Å². The topological polar surface area (TPSA) is 24.1 Å².